The van der Waals surface area contributed by atoms with Crippen LogP contribution in [0.2, 0.25) is 0 Å². The fourth-order valence-corrected chi connectivity index (χ4v) is 5.73. The number of thiophene rings is 1. The molecular weight excluding hydrogens is 615 g/mol. The van der Waals surface area contributed by atoms with Crippen LogP contribution in [-0.4, -0.2) is 55.0 Å². The van der Waals surface area contributed by atoms with Crippen LogP contribution in [0.1, 0.15) is 84.4 Å². The third-order valence-electron chi connectivity index (χ3n) is 7.22. The van der Waals surface area contributed by atoms with E-state index in [4.69, 9.17) is 10.5 Å². The average Bonchev–Trinajstić information content (AvgIpc) is 3.79. The van der Waals surface area contributed by atoms with Gasteiger partial charge in [-0.15, -0.1) is 11.3 Å². The van der Waals surface area contributed by atoms with Crippen LogP contribution in [0.4, 0.5) is 0 Å². The van der Waals surface area contributed by atoms with Crippen molar-refractivity contribution in [2.24, 2.45) is 15.7 Å². The van der Waals surface area contributed by atoms with Crippen molar-refractivity contribution >= 4 is 42.5 Å². The molecule has 8 heteroatoms. The molecule has 7 nitrogen and oxygen atoms in total. The first kappa shape index (κ1) is 44.3. The lowest BCUT2D eigenvalue weighted by molar-refractivity contribution is -0.0980. The molecular formula is C40H61N5O2S. The minimum absolute atomic E-state index is 0.0976. The number of aliphatic hydroxyl groups is 1. The van der Waals surface area contributed by atoms with Gasteiger partial charge in [-0.1, -0.05) is 89.6 Å². The lowest BCUT2D eigenvalue weighted by Crippen LogP contribution is -2.44. The number of β-amino-alcohol motifs (C(OH)–C–C–N with tert-alkyl or cyclic N) is 1. The van der Waals surface area contributed by atoms with Gasteiger partial charge in [0.2, 0.25) is 0 Å². The monoisotopic (exact) mass is 675 g/mol. The van der Waals surface area contributed by atoms with E-state index in [9.17, 15) is 5.11 Å². The Morgan fingerprint density at radius 1 is 1.00 bits per heavy atom. The molecule has 0 amide bonds. The Morgan fingerprint density at radius 2 is 1.67 bits per heavy atom. The Bertz CT molecular complexity index is 1440. The highest BCUT2D eigenvalue weighted by molar-refractivity contribution is 7.13. The molecule has 264 valence electrons. The standard InChI is InChI=1S/C22H32N4O.C13H14S.C2H7N.C2H6.CH2O/c1-6-19(27)15-26-22(2,3)12-17-13-25-21-16(8-7-9-20(17)21)10-11-18(24-5)14-23-4;1-2-6-11-7-3-4-8-12(11)13-9-5-10-14-13;1-2-3;2*1-2/h7-9,13-14,19,25-27H,4-6,10-12,15H2,1-3H3;3-5,7-10H,2,6H2,1H3;2-3H2,1H3;1-2H3;1H2/b18-14-;;;;. The zero-order valence-electron chi connectivity index (χ0n) is 30.5. The number of aliphatic imine (C=N–C) groups is 2. The molecule has 0 aliphatic heterocycles. The van der Waals surface area contributed by atoms with Crippen molar-refractivity contribution < 1.29 is 9.90 Å². The summed E-state index contributed by atoms with van der Waals surface area (Å²) in [5, 5.41) is 16.7. The second kappa shape index (κ2) is 26.3. The number of allylic oxidation sites excluding steroid dienone is 1. The first-order valence-electron chi connectivity index (χ1n) is 17.0. The fourth-order valence-electron chi connectivity index (χ4n) is 4.94. The highest BCUT2D eigenvalue weighted by atomic mass is 32.1. The van der Waals surface area contributed by atoms with Crippen molar-refractivity contribution in [2.45, 2.75) is 98.6 Å². The van der Waals surface area contributed by atoms with E-state index in [0.717, 1.165) is 37.9 Å². The first-order chi connectivity index (χ1) is 23.2. The van der Waals surface area contributed by atoms with Gasteiger partial charge >= 0.3 is 0 Å². The summed E-state index contributed by atoms with van der Waals surface area (Å²) in [6.07, 6.45) is 9.12. The zero-order chi connectivity index (χ0) is 36.4. The zero-order valence-corrected chi connectivity index (χ0v) is 31.3. The van der Waals surface area contributed by atoms with Crippen molar-refractivity contribution in [1.82, 2.24) is 10.3 Å². The van der Waals surface area contributed by atoms with Crippen LogP contribution in [0.3, 0.4) is 0 Å². The van der Waals surface area contributed by atoms with Gasteiger partial charge < -0.3 is 25.9 Å². The van der Waals surface area contributed by atoms with Crippen LogP contribution < -0.4 is 11.1 Å². The molecule has 2 heterocycles. The number of H-pyrrole nitrogens is 1. The molecule has 0 saturated heterocycles. The summed E-state index contributed by atoms with van der Waals surface area (Å²) >= 11 is 1.82. The Labute approximate surface area is 294 Å². The van der Waals surface area contributed by atoms with Crippen LogP contribution in [0.5, 0.6) is 0 Å². The van der Waals surface area contributed by atoms with Crippen molar-refractivity contribution in [3.05, 3.63) is 94.8 Å². The number of nitrogens with one attached hydrogen (secondary N) is 2. The second-order valence-corrected chi connectivity index (χ2v) is 12.4. The maximum Gasteiger partial charge on any atom is 0.106 e. The van der Waals surface area contributed by atoms with Crippen LogP contribution in [0.15, 0.2) is 88.1 Å². The van der Waals surface area contributed by atoms with Gasteiger partial charge in [0, 0.05) is 40.3 Å². The molecule has 0 fully saturated rings. The van der Waals surface area contributed by atoms with E-state index in [1.165, 1.54) is 50.9 Å². The number of carbonyl (C=O) groups excluding carboxylic acids is 1. The average molecular weight is 676 g/mol. The Kier molecular flexibility index (Phi) is 24.3. The number of benzene rings is 2. The molecule has 0 radical (unpaired) electrons. The van der Waals surface area contributed by atoms with Crippen LogP contribution in [-0.2, 0) is 24.1 Å². The molecule has 2 aromatic carbocycles. The van der Waals surface area contributed by atoms with E-state index < -0.39 is 0 Å². The number of aromatic amines is 1. The molecule has 4 rings (SSSR count). The summed E-state index contributed by atoms with van der Waals surface area (Å²) in [6.45, 7) is 24.9. The SMILES string of the molecule is C=N/C=C(/CCc1cccc2c(CC(C)(C)NCC(O)CC)c[nH]c12)N=C.C=O.CC.CCCc1ccccc1-c1cccs1.CCN. The number of nitrogens with zero attached hydrogens (tertiary/aromatic N) is 2. The lowest BCUT2D eigenvalue weighted by atomic mass is 9.93. The molecule has 2 aromatic heterocycles. The normalized spacial score (nSPS) is 11.3. The molecule has 0 aliphatic carbocycles. The topological polar surface area (TPSA) is 116 Å². The summed E-state index contributed by atoms with van der Waals surface area (Å²) in [7, 11) is 0. The Hall–Kier alpha value is -3.69. The molecule has 5 N–H and O–H groups in total. The number of rotatable bonds is 14. The van der Waals surface area contributed by atoms with Gasteiger partial charge in [0.25, 0.3) is 0 Å². The number of aromatic nitrogens is 1. The third kappa shape index (κ3) is 15.9. The quantitative estimate of drug-likeness (QED) is 0.0998. The first-order valence-corrected chi connectivity index (χ1v) is 17.8. The molecule has 4 aromatic rings. The number of para-hydroxylation sites is 1. The molecule has 0 spiro atoms. The predicted octanol–water partition coefficient (Wildman–Crippen LogP) is 9.20. The van der Waals surface area contributed by atoms with Crippen LogP contribution in [0.25, 0.3) is 21.3 Å². The lowest BCUT2D eigenvalue weighted by Gasteiger charge is -2.27. The van der Waals surface area contributed by atoms with Gasteiger partial charge in [-0.05, 0) is 99.6 Å². The van der Waals surface area contributed by atoms with E-state index in [-0.39, 0.29) is 11.6 Å². The number of hydrogen-bond donors (Lipinski definition) is 4. The number of fused-ring (bicyclic) bond motifs is 1. The van der Waals surface area contributed by atoms with Crippen molar-refractivity contribution in [1.29, 1.82) is 0 Å². The van der Waals surface area contributed by atoms with Crippen LogP contribution in [0, 0.1) is 0 Å². The van der Waals surface area contributed by atoms with E-state index in [1.54, 1.807) is 6.20 Å². The van der Waals surface area contributed by atoms with Gasteiger partial charge in [-0.25, -0.2) is 0 Å². The number of carbonyl (C=O) groups is 1. The Balaban J connectivity index is 0.000000875. The van der Waals surface area contributed by atoms with Crippen molar-refractivity contribution in [3.63, 3.8) is 0 Å². The largest absolute Gasteiger partial charge is 0.392 e. The highest BCUT2D eigenvalue weighted by Crippen LogP contribution is 2.29. The fraction of sp³-hybridized carbons (Fsp3) is 0.425. The van der Waals surface area contributed by atoms with Gasteiger partial charge in [-0.2, -0.15) is 0 Å². The number of aryl methyl sites for hydroxylation is 2. The van der Waals surface area contributed by atoms with E-state index in [2.05, 4.69) is 121 Å². The van der Waals surface area contributed by atoms with E-state index in [1.807, 2.05) is 45.8 Å². The maximum absolute atomic E-state index is 9.82. The number of aliphatic hydroxyl groups excluding tert-OH is 1. The molecule has 1 atom stereocenters. The van der Waals surface area contributed by atoms with Crippen molar-refractivity contribution in [2.75, 3.05) is 13.1 Å². The highest BCUT2D eigenvalue weighted by Gasteiger charge is 2.21. The molecule has 0 bridgehead atoms. The van der Waals surface area contributed by atoms with Gasteiger partial charge in [0.1, 0.15) is 6.79 Å². The predicted molar refractivity (Wildman–Crippen MR) is 213 cm³/mol. The molecule has 48 heavy (non-hydrogen) atoms. The molecule has 0 saturated carbocycles. The van der Waals surface area contributed by atoms with Gasteiger partial charge in [-0.3, -0.25) is 9.98 Å². The number of nitrogens with two attached hydrogens (primary N) is 1. The van der Waals surface area contributed by atoms with E-state index in [0.29, 0.717) is 6.54 Å². The van der Waals surface area contributed by atoms with E-state index >= 15 is 0 Å². The van der Waals surface area contributed by atoms with Gasteiger partial charge in [0.15, 0.2) is 0 Å². The second-order valence-electron chi connectivity index (χ2n) is 11.4. The Morgan fingerprint density at radius 3 is 2.25 bits per heavy atom. The minimum Gasteiger partial charge on any atom is -0.392 e. The smallest absolute Gasteiger partial charge is 0.106 e. The summed E-state index contributed by atoms with van der Waals surface area (Å²) in [4.78, 5) is 20.6. The van der Waals surface area contributed by atoms with Crippen LogP contribution >= 0.6 is 11.3 Å². The maximum atomic E-state index is 9.82. The summed E-state index contributed by atoms with van der Waals surface area (Å²) in [6, 6.07) is 19.4. The molecule has 1 unspecified atom stereocenters. The van der Waals surface area contributed by atoms with Crippen molar-refractivity contribution in [3.8, 4) is 10.4 Å². The number of hydrogen-bond acceptors (Lipinski definition) is 7. The third-order valence-corrected chi connectivity index (χ3v) is 8.13. The summed E-state index contributed by atoms with van der Waals surface area (Å²) < 4.78 is 0. The van der Waals surface area contributed by atoms with Gasteiger partial charge in [0.05, 0.1) is 11.8 Å². The summed E-state index contributed by atoms with van der Waals surface area (Å²) in [5.41, 5.74) is 12.2. The summed E-state index contributed by atoms with van der Waals surface area (Å²) in [5.74, 6) is 0. The molecule has 0 aliphatic rings. The minimum atomic E-state index is -0.301.